The van der Waals surface area contributed by atoms with Crippen molar-refractivity contribution in [1.82, 2.24) is 4.90 Å². The van der Waals surface area contributed by atoms with E-state index >= 15 is 0 Å². The molecule has 21 heavy (non-hydrogen) atoms. The SMILES string of the molecule is O=C(/C=C/C=C/c1ccc2c(c1)OCO2)N1CCSCC1. The Balaban J connectivity index is 1.56. The van der Waals surface area contributed by atoms with Crippen molar-refractivity contribution in [2.45, 2.75) is 0 Å². The van der Waals surface area contributed by atoms with Gasteiger partial charge in [-0.1, -0.05) is 24.3 Å². The summed E-state index contributed by atoms with van der Waals surface area (Å²) in [5.74, 6) is 3.70. The number of nitrogens with zero attached hydrogens (tertiary/aromatic N) is 1. The molecule has 110 valence electrons. The lowest BCUT2D eigenvalue weighted by molar-refractivity contribution is -0.125. The summed E-state index contributed by atoms with van der Waals surface area (Å²) in [6.45, 7) is 1.98. The van der Waals surface area contributed by atoms with Gasteiger partial charge in [-0.2, -0.15) is 11.8 Å². The molecule has 0 N–H and O–H groups in total. The molecule has 0 saturated carbocycles. The normalized spacial score (nSPS) is 17.8. The van der Waals surface area contributed by atoms with Crippen molar-refractivity contribution in [2.24, 2.45) is 0 Å². The quantitative estimate of drug-likeness (QED) is 0.635. The minimum Gasteiger partial charge on any atom is -0.454 e. The number of amides is 1. The number of allylic oxidation sites excluding steroid dienone is 2. The molecule has 2 aliphatic heterocycles. The molecule has 0 aromatic heterocycles. The molecule has 0 spiro atoms. The first-order valence-corrected chi connectivity index (χ1v) is 8.09. The van der Waals surface area contributed by atoms with E-state index in [1.165, 1.54) is 0 Å². The monoisotopic (exact) mass is 303 g/mol. The topological polar surface area (TPSA) is 38.8 Å². The van der Waals surface area contributed by atoms with E-state index in [4.69, 9.17) is 9.47 Å². The van der Waals surface area contributed by atoms with E-state index in [1.54, 1.807) is 12.2 Å². The second-order valence-corrected chi connectivity index (χ2v) is 5.99. The summed E-state index contributed by atoms with van der Waals surface area (Å²) < 4.78 is 10.6. The molecule has 2 heterocycles. The molecule has 0 atom stereocenters. The number of carbonyl (C=O) groups excluding carboxylic acids is 1. The van der Waals surface area contributed by atoms with Crippen molar-refractivity contribution >= 4 is 23.7 Å². The van der Waals surface area contributed by atoms with Crippen LogP contribution in [0.3, 0.4) is 0 Å². The number of fused-ring (bicyclic) bond motifs is 1. The number of thioether (sulfide) groups is 1. The van der Waals surface area contributed by atoms with E-state index in [0.29, 0.717) is 0 Å². The van der Waals surface area contributed by atoms with E-state index in [2.05, 4.69) is 0 Å². The maximum atomic E-state index is 11.9. The first kappa shape index (κ1) is 14.1. The number of hydrogen-bond donors (Lipinski definition) is 0. The fraction of sp³-hybridized carbons (Fsp3) is 0.312. The molecule has 1 aromatic rings. The van der Waals surface area contributed by atoms with Crippen molar-refractivity contribution in [3.63, 3.8) is 0 Å². The number of benzene rings is 1. The van der Waals surface area contributed by atoms with E-state index < -0.39 is 0 Å². The standard InChI is InChI=1S/C16H17NO3S/c18-16(17-7-9-21-10-8-17)4-2-1-3-13-5-6-14-15(11-13)20-12-19-14/h1-6,11H,7-10,12H2/b3-1+,4-2+. The summed E-state index contributed by atoms with van der Waals surface area (Å²) >= 11 is 1.90. The highest BCUT2D eigenvalue weighted by molar-refractivity contribution is 7.99. The zero-order chi connectivity index (χ0) is 14.5. The Hall–Kier alpha value is -1.88. The minimum absolute atomic E-state index is 0.0886. The summed E-state index contributed by atoms with van der Waals surface area (Å²) in [5, 5.41) is 0. The fourth-order valence-corrected chi connectivity index (χ4v) is 3.11. The lowest BCUT2D eigenvalue weighted by atomic mass is 10.2. The number of rotatable bonds is 3. The number of hydrogen-bond acceptors (Lipinski definition) is 4. The molecule has 1 aromatic carbocycles. The smallest absolute Gasteiger partial charge is 0.246 e. The van der Waals surface area contributed by atoms with Crippen LogP contribution in [0.25, 0.3) is 6.08 Å². The molecular weight excluding hydrogens is 286 g/mol. The Morgan fingerprint density at radius 2 is 1.95 bits per heavy atom. The van der Waals surface area contributed by atoms with Crippen molar-refractivity contribution in [2.75, 3.05) is 31.4 Å². The van der Waals surface area contributed by atoms with Gasteiger partial charge in [0.1, 0.15) is 0 Å². The van der Waals surface area contributed by atoms with Gasteiger partial charge < -0.3 is 14.4 Å². The van der Waals surface area contributed by atoms with Gasteiger partial charge >= 0.3 is 0 Å². The third-order valence-electron chi connectivity index (χ3n) is 3.36. The van der Waals surface area contributed by atoms with Gasteiger partial charge in [0.05, 0.1) is 0 Å². The van der Waals surface area contributed by atoms with Crippen LogP contribution in [0.2, 0.25) is 0 Å². The van der Waals surface area contributed by atoms with Crippen LogP contribution in [0.15, 0.2) is 36.4 Å². The molecule has 1 amide bonds. The Morgan fingerprint density at radius 1 is 1.14 bits per heavy atom. The first-order valence-electron chi connectivity index (χ1n) is 6.94. The fourth-order valence-electron chi connectivity index (χ4n) is 2.21. The van der Waals surface area contributed by atoms with Gasteiger partial charge in [0.15, 0.2) is 11.5 Å². The van der Waals surface area contributed by atoms with E-state index in [1.807, 2.05) is 47.0 Å². The highest BCUT2D eigenvalue weighted by Crippen LogP contribution is 2.32. The zero-order valence-corrected chi connectivity index (χ0v) is 12.5. The largest absolute Gasteiger partial charge is 0.454 e. The Bertz CT molecular complexity index is 577. The van der Waals surface area contributed by atoms with Crippen molar-refractivity contribution in [1.29, 1.82) is 0 Å². The van der Waals surface area contributed by atoms with Gasteiger partial charge in [-0.25, -0.2) is 0 Å². The maximum absolute atomic E-state index is 11.9. The van der Waals surface area contributed by atoms with Crippen LogP contribution in [0, 0.1) is 0 Å². The lowest BCUT2D eigenvalue weighted by Crippen LogP contribution is -2.36. The van der Waals surface area contributed by atoms with Crippen LogP contribution in [0.5, 0.6) is 11.5 Å². The summed E-state index contributed by atoms with van der Waals surface area (Å²) in [4.78, 5) is 13.8. The minimum atomic E-state index is 0.0886. The molecule has 5 heteroatoms. The van der Waals surface area contributed by atoms with Crippen LogP contribution in [-0.4, -0.2) is 42.2 Å². The van der Waals surface area contributed by atoms with E-state index in [0.717, 1.165) is 41.7 Å². The zero-order valence-electron chi connectivity index (χ0n) is 11.7. The Labute approximate surface area is 128 Å². The van der Waals surface area contributed by atoms with Crippen LogP contribution in [0.1, 0.15) is 5.56 Å². The highest BCUT2D eigenvalue weighted by Gasteiger charge is 2.13. The second-order valence-electron chi connectivity index (χ2n) is 4.77. The van der Waals surface area contributed by atoms with Crippen molar-refractivity contribution in [3.8, 4) is 11.5 Å². The molecule has 0 aliphatic carbocycles. The van der Waals surface area contributed by atoms with Gasteiger partial charge in [-0.05, 0) is 17.7 Å². The number of ether oxygens (including phenoxy) is 2. The van der Waals surface area contributed by atoms with Crippen LogP contribution in [-0.2, 0) is 4.79 Å². The molecule has 2 aliphatic rings. The van der Waals surface area contributed by atoms with Crippen LogP contribution < -0.4 is 9.47 Å². The third-order valence-corrected chi connectivity index (χ3v) is 4.30. The molecule has 0 bridgehead atoms. The van der Waals surface area contributed by atoms with Gasteiger partial charge in [0.2, 0.25) is 12.7 Å². The van der Waals surface area contributed by atoms with E-state index in [-0.39, 0.29) is 12.7 Å². The number of carbonyl (C=O) groups is 1. The molecular formula is C16H17NO3S. The molecule has 0 radical (unpaired) electrons. The third kappa shape index (κ3) is 3.61. The van der Waals surface area contributed by atoms with Gasteiger partial charge in [-0.15, -0.1) is 0 Å². The van der Waals surface area contributed by atoms with E-state index in [9.17, 15) is 4.79 Å². The molecule has 0 unspecified atom stereocenters. The Morgan fingerprint density at radius 3 is 2.81 bits per heavy atom. The maximum Gasteiger partial charge on any atom is 0.246 e. The van der Waals surface area contributed by atoms with Gasteiger partial charge in [-0.3, -0.25) is 4.79 Å². The average Bonchev–Trinajstić information content (AvgIpc) is 3.00. The summed E-state index contributed by atoms with van der Waals surface area (Å²) in [5.41, 5.74) is 1.02. The van der Waals surface area contributed by atoms with Crippen LogP contribution >= 0.6 is 11.8 Å². The average molecular weight is 303 g/mol. The second kappa shape index (κ2) is 6.72. The first-order chi connectivity index (χ1) is 10.3. The molecule has 3 rings (SSSR count). The lowest BCUT2D eigenvalue weighted by Gasteiger charge is -2.24. The summed E-state index contributed by atoms with van der Waals surface area (Å²) in [7, 11) is 0. The molecule has 1 fully saturated rings. The molecule has 4 nitrogen and oxygen atoms in total. The predicted octanol–water partition coefficient (Wildman–Crippen LogP) is 2.56. The van der Waals surface area contributed by atoms with Crippen molar-refractivity contribution in [3.05, 3.63) is 42.0 Å². The summed E-state index contributed by atoms with van der Waals surface area (Å²) in [6.07, 6.45) is 7.22. The van der Waals surface area contributed by atoms with Crippen LogP contribution in [0.4, 0.5) is 0 Å². The highest BCUT2D eigenvalue weighted by atomic mass is 32.2. The van der Waals surface area contributed by atoms with Gasteiger partial charge in [0.25, 0.3) is 0 Å². The summed E-state index contributed by atoms with van der Waals surface area (Å²) in [6, 6.07) is 5.78. The van der Waals surface area contributed by atoms with Gasteiger partial charge in [0, 0.05) is 30.7 Å². The van der Waals surface area contributed by atoms with Crippen molar-refractivity contribution < 1.29 is 14.3 Å². The predicted molar refractivity (Wildman–Crippen MR) is 84.6 cm³/mol. The Kier molecular flexibility index (Phi) is 4.50. The molecule has 1 saturated heterocycles.